The number of nitrogens with zero attached hydrogens (tertiary/aromatic N) is 3. The van der Waals surface area contributed by atoms with Crippen LogP contribution in [-0.2, 0) is 11.3 Å². The first-order chi connectivity index (χ1) is 16.6. The summed E-state index contributed by atoms with van der Waals surface area (Å²) in [4.78, 5) is 19.4. The molecular formula is C26H29FN4O3. The molecule has 1 aromatic heterocycles. The number of halogens is 1. The first kappa shape index (κ1) is 22.5. The molecule has 1 N–H and O–H groups in total. The number of piperidine rings is 1. The molecule has 178 valence electrons. The first-order valence-electron chi connectivity index (χ1n) is 12.0. The molecule has 1 aliphatic carbocycles. The molecule has 7 nitrogen and oxygen atoms in total. The van der Waals surface area contributed by atoms with Crippen LogP contribution in [0.25, 0.3) is 11.4 Å². The lowest BCUT2D eigenvalue weighted by Crippen LogP contribution is -2.37. The van der Waals surface area contributed by atoms with Crippen LogP contribution >= 0.6 is 0 Å². The number of anilines is 1. The maximum Gasteiger partial charge on any atom is 0.241 e. The van der Waals surface area contributed by atoms with Gasteiger partial charge in [0.05, 0.1) is 12.6 Å². The number of rotatable bonds is 7. The van der Waals surface area contributed by atoms with Gasteiger partial charge in [0.2, 0.25) is 17.6 Å². The van der Waals surface area contributed by atoms with Crippen LogP contribution < -0.4 is 10.1 Å². The molecule has 0 radical (unpaired) electrons. The Hall–Kier alpha value is -3.26. The Bertz CT molecular complexity index is 1090. The number of hydrogen-bond acceptors (Lipinski definition) is 6. The number of nitrogens with one attached hydrogen (secondary N) is 1. The molecule has 1 saturated carbocycles. The molecular weight excluding hydrogens is 435 g/mol. The summed E-state index contributed by atoms with van der Waals surface area (Å²) in [5, 5.41) is 7.04. The SMILES string of the molecule is O=C(Nc1ccc(OC2CCCC2)cc1)C1CCN(Cc2nc(-c3ccc(F)cc3)no2)CC1. The zero-order chi connectivity index (χ0) is 23.3. The molecule has 3 aromatic rings. The topological polar surface area (TPSA) is 80.5 Å². The lowest BCUT2D eigenvalue weighted by Gasteiger charge is -2.30. The third kappa shape index (κ3) is 5.62. The summed E-state index contributed by atoms with van der Waals surface area (Å²) in [6.45, 7) is 2.09. The van der Waals surface area contributed by atoms with Gasteiger partial charge in [-0.3, -0.25) is 9.69 Å². The van der Waals surface area contributed by atoms with Gasteiger partial charge in [-0.2, -0.15) is 4.98 Å². The van der Waals surface area contributed by atoms with E-state index in [0.717, 1.165) is 50.2 Å². The van der Waals surface area contributed by atoms with Gasteiger partial charge in [0.1, 0.15) is 11.6 Å². The molecule has 0 spiro atoms. The van der Waals surface area contributed by atoms with E-state index in [1.807, 2.05) is 24.3 Å². The Morgan fingerprint density at radius 3 is 2.44 bits per heavy atom. The molecule has 5 rings (SSSR count). The Balaban J connectivity index is 1.08. The largest absolute Gasteiger partial charge is 0.490 e. The molecule has 0 unspecified atom stereocenters. The second-order valence-corrected chi connectivity index (χ2v) is 9.11. The van der Waals surface area contributed by atoms with E-state index in [-0.39, 0.29) is 17.6 Å². The highest BCUT2D eigenvalue weighted by molar-refractivity contribution is 5.92. The van der Waals surface area contributed by atoms with Gasteiger partial charge in [0, 0.05) is 17.2 Å². The van der Waals surface area contributed by atoms with E-state index < -0.39 is 0 Å². The second-order valence-electron chi connectivity index (χ2n) is 9.11. The number of likely N-dealkylation sites (tertiary alicyclic amines) is 1. The fourth-order valence-electron chi connectivity index (χ4n) is 4.64. The average Bonchev–Trinajstić information content (AvgIpc) is 3.54. The van der Waals surface area contributed by atoms with Crippen LogP contribution in [0.3, 0.4) is 0 Å². The smallest absolute Gasteiger partial charge is 0.241 e. The van der Waals surface area contributed by atoms with Crippen LogP contribution in [0, 0.1) is 11.7 Å². The van der Waals surface area contributed by atoms with E-state index in [2.05, 4.69) is 20.4 Å². The van der Waals surface area contributed by atoms with Crippen LogP contribution in [-0.4, -0.2) is 40.1 Å². The standard InChI is InChI=1S/C26H29FN4O3/c27-20-7-5-18(6-8-20)25-29-24(34-30-25)17-31-15-13-19(14-16-31)26(32)28-21-9-11-23(12-10-21)33-22-3-1-2-4-22/h5-12,19,22H,1-4,13-17H2,(H,28,32). The fourth-order valence-corrected chi connectivity index (χ4v) is 4.64. The summed E-state index contributed by atoms with van der Waals surface area (Å²) in [5.74, 6) is 1.56. The van der Waals surface area contributed by atoms with E-state index in [4.69, 9.17) is 9.26 Å². The van der Waals surface area contributed by atoms with Crippen molar-refractivity contribution in [1.29, 1.82) is 0 Å². The molecule has 2 fully saturated rings. The highest BCUT2D eigenvalue weighted by Crippen LogP contribution is 2.26. The number of aromatic nitrogens is 2. The van der Waals surface area contributed by atoms with E-state index in [0.29, 0.717) is 29.9 Å². The summed E-state index contributed by atoms with van der Waals surface area (Å²) in [6, 6.07) is 13.7. The Morgan fingerprint density at radius 2 is 1.74 bits per heavy atom. The third-order valence-corrected chi connectivity index (χ3v) is 6.61. The number of benzene rings is 2. The van der Waals surface area contributed by atoms with Crippen molar-refractivity contribution in [3.8, 4) is 17.1 Å². The summed E-state index contributed by atoms with van der Waals surface area (Å²) in [5.41, 5.74) is 1.51. The van der Waals surface area contributed by atoms with Crippen molar-refractivity contribution in [3.05, 3.63) is 60.2 Å². The minimum atomic E-state index is -0.301. The predicted molar refractivity (Wildman–Crippen MR) is 126 cm³/mol. The minimum Gasteiger partial charge on any atom is -0.490 e. The van der Waals surface area contributed by atoms with Crippen LogP contribution in [0.15, 0.2) is 53.1 Å². The third-order valence-electron chi connectivity index (χ3n) is 6.61. The van der Waals surface area contributed by atoms with E-state index in [9.17, 15) is 9.18 Å². The van der Waals surface area contributed by atoms with Crippen LogP contribution in [0.5, 0.6) is 5.75 Å². The zero-order valence-corrected chi connectivity index (χ0v) is 19.1. The molecule has 1 aliphatic heterocycles. The van der Waals surface area contributed by atoms with Crippen LogP contribution in [0.1, 0.15) is 44.4 Å². The molecule has 0 atom stereocenters. The Kier molecular flexibility index (Phi) is 6.85. The highest BCUT2D eigenvalue weighted by atomic mass is 19.1. The van der Waals surface area contributed by atoms with E-state index in [1.54, 1.807) is 12.1 Å². The van der Waals surface area contributed by atoms with Crippen molar-refractivity contribution in [3.63, 3.8) is 0 Å². The number of carbonyl (C=O) groups excluding carboxylic acids is 1. The van der Waals surface area contributed by atoms with Crippen molar-refractivity contribution in [2.24, 2.45) is 5.92 Å². The quantitative estimate of drug-likeness (QED) is 0.527. The second kappa shape index (κ2) is 10.3. The molecule has 0 bridgehead atoms. The Morgan fingerprint density at radius 1 is 1.03 bits per heavy atom. The van der Waals surface area contributed by atoms with Gasteiger partial charge in [0.15, 0.2) is 0 Å². The molecule has 2 heterocycles. The monoisotopic (exact) mass is 464 g/mol. The Labute approximate surface area is 198 Å². The van der Waals surface area contributed by atoms with Gasteiger partial charge in [0.25, 0.3) is 0 Å². The molecule has 8 heteroatoms. The first-order valence-corrected chi connectivity index (χ1v) is 12.0. The highest BCUT2D eigenvalue weighted by Gasteiger charge is 2.26. The molecule has 2 aliphatic rings. The zero-order valence-electron chi connectivity index (χ0n) is 19.1. The van der Waals surface area contributed by atoms with Crippen molar-refractivity contribution >= 4 is 11.6 Å². The van der Waals surface area contributed by atoms with Gasteiger partial charge in [-0.05, 0) is 100 Å². The molecule has 1 amide bonds. The van der Waals surface area contributed by atoms with Crippen molar-refractivity contribution in [1.82, 2.24) is 15.0 Å². The number of ether oxygens (including phenoxy) is 1. The molecule has 2 aromatic carbocycles. The normalized spacial score (nSPS) is 17.7. The lowest BCUT2D eigenvalue weighted by molar-refractivity contribution is -0.121. The predicted octanol–water partition coefficient (Wildman–Crippen LogP) is 5.05. The number of amides is 1. The molecule has 1 saturated heterocycles. The van der Waals surface area contributed by atoms with E-state index >= 15 is 0 Å². The van der Waals surface area contributed by atoms with Gasteiger partial charge < -0.3 is 14.6 Å². The lowest BCUT2D eigenvalue weighted by atomic mass is 9.96. The summed E-state index contributed by atoms with van der Waals surface area (Å²) < 4.78 is 24.5. The van der Waals surface area contributed by atoms with Crippen molar-refractivity contribution in [2.75, 3.05) is 18.4 Å². The fraction of sp³-hybridized carbons (Fsp3) is 0.423. The van der Waals surface area contributed by atoms with Crippen LogP contribution in [0.4, 0.5) is 10.1 Å². The van der Waals surface area contributed by atoms with E-state index in [1.165, 1.54) is 25.0 Å². The molecule has 34 heavy (non-hydrogen) atoms. The van der Waals surface area contributed by atoms with Gasteiger partial charge >= 0.3 is 0 Å². The van der Waals surface area contributed by atoms with Gasteiger partial charge in [-0.25, -0.2) is 4.39 Å². The van der Waals surface area contributed by atoms with Crippen molar-refractivity contribution in [2.45, 2.75) is 51.2 Å². The van der Waals surface area contributed by atoms with Gasteiger partial charge in [-0.1, -0.05) is 5.16 Å². The maximum atomic E-state index is 13.1. The number of carbonyl (C=O) groups is 1. The average molecular weight is 465 g/mol. The summed E-state index contributed by atoms with van der Waals surface area (Å²) in [7, 11) is 0. The van der Waals surface area contributed by atoms with Crippen LogP contribution in [0.2, 0.25) is 0 Å². The van der Waals surface area contributed by atoms with Crippen molar-refractivity contribution < 1.29 is 18.4 Å². The minimum absolute atomic E-state index is 0.0249. The summed E-state index contributed by atoms with van der Waals surface area (Å²) >= 11 is 0. The number of hydrogen-bond donors (Lipinski definition) is 1. The maximum absolute atomic E-state index is 13.1. The summed E-state index contributed by atoms with van der Waals surface area (Å²) in [6.07, 6.45) is 6.60. The van der Waals surface area contributed by atoms with Gasteiger partial charge in [-0.15, -0.1) is 0 Å².